The molecule has 2 heterocycles. The summed E-state index contributed by atoms with van der Waals surface area (Å²) >= 11 is 1.83. The Hall–Kier alpha value is -2.60. The highest BCUT2D eigenvalue weighted by Gasteiger charge is 2.28. The van der Waals surface area contributed by atoms with Gasteiger partial charge < -0.3 is 20.1 Å². The molecule has 140 valence electrons. The van der Waals surface area contributed by atoms with Gasteiger partial charge in [0.05, 0.1) is 24.2 Å². The lowest BCUT2D eigenvalue weighted by molar-refractivity contribution is 0.339. The molecule has 6 heteroatoms. The van der Waals surface area contributed by atoms with Crippen LogP contribution in [0.3, 0.4) is 0 Å². The van der Waals surface area contributed by atoms with E-state index in [0.717, 1.165) is 51.8 Å². The Labute approximate surface area is 163 Å². The van der Waals surface area contributed by atoms with E-state index in [4.69, 9.17) is 14.5 Å². The molecule has 0 saturated carbocycles. The molecule has 1 aromatic heterocycles. The molecule has 0 radical (unpaired) electrons. The van der Waals surface area contributed by atoms with Crippen LogP contribution in [0.5, 0.6) is 11.5 Å². The van der Waals surface area contributed by atoms with E-state index in [2.05, 4.69) is 29.0 Å². The van der Waals surface area contributed by atoms with E-state index in [-0.39, 0.29) is 6.04 Å². The Morgan fingerprint density at radius 1 is 1.19 bits per heavy atom. The van der Waals surface area contributed by atoms with Crippen molar-refractivity contribution in [2.24, 2.45) is 0 Å². The minimum Gasteiger partial charge on any atom is -0.496 e. The van der Waals surface area contributed by atoms with E-state index in [9.17, 15) is 0 Å². The lowest BCUT2D eigenvalue weighted by Crippen LogP contribution is -2.13. The second-order valence-corrected chi connectivity index (χ2v) is 7.35. The van der Waals surface area contributed by atoms with Crippen molar-refractivity contribution in [3.8, 4) is 11.5 Å². The summed E-state index contributed by atoms with van der Waals surface area (Å²) in [5.74, 6) is 3.61. The Balaban J connectivity index is 1.58. The van der Waals surface area contributed by atoms with E-state index >= 15 is 0 Å². The Morgan fingerprint density at radius 2 is 2.07 bits per heavy atom. The molecule has 0 aliphatic carbocycles. The van der Waals surface area contributed by atoms with Crippen molar-refractivity contribution in [3.63, 3.8) is 0 Å². The number of pyridine rings is 1. The van der Waals surface area contributed by atoms with Gasteiger partial charge in [0.15, 0.2) is 0 Å². The fourth-order valence-corrected chi connectivity index (χ4v) is 3.70. The zero-order valence-electron chi connectivity index (χ0n) is 15.5. The lowest BCUT2D eigenvalue weighted by atomic mass is 10.1. The molecule has 2 N–H and O–H groups in total. The normalized spacial score (nSPS) is 15.3. The molecule has 3 aromatic rings. The van der Waals surface area contributed by atoms with E-state index in [1.165, 1.54) is 0 Å². The SMILES string of the molecule is COc1cccc2c1C(Nc1ccc3c(NCCSC)cccc3n1)CO2. The molecular weight excluding hydrogens is 358 g/mol. The van der Waals surface area contributed by atoms with Gasteiger partial charge in [0.2, 0.25) is 0 Å². The summed E-state index contributed by atoms with van der Waals surface area (Å²) < 4.78 is 11.3. The molecule has 0 bridgehead atoms. The smallest absolute Gasteiger partial charge is 0.128 e. The number of methoxy groups -OCH3 is 1. The van der Waals surface area contributed by atoms with Gasteiger partial charge in [0.1, 0.15) is 23.9 Å². The summed E-state index contributed by atoms with van der Waals surface area (Å²) in [5, 5.41) is 8.12. The Kier molecular flexibility index (Phi) is 5.25. The average molecular weight is 382 g/mol. The van der Waals surface area contributed by atoms with E-state index in [1.54, 1.807) is 7.11 Å². The first-order chi connectivity index (χ1) is 13.3. The number of nitrogens with one attached hydrogen (secondary N) is 2. The average Bonchev–Trinajstić information content (AvgIpc) is 3.11. The second kappa shape index (κ2) is 7.96. The molecule has 0 amide bonds. The minimum absolute atomic E-state index is 0.0176. The molecule has 2 aromatic carbocycles. The maximum Gasteiger partial charge on any atom is 0.128 e. The highest BCUT2D eigenvalue weighted by atomic mass is 32.2. The van der Waals surface area contributed by atoms with Crippen LogP contribution in [-0.4, -0.2) is 37.3 Å². The number of benzene rings is 2. The second-order valence-electron chi connectivity index (χ2n) is 6.37. The van der Waals surface area contributed by atoms with E-state index in [0.29, 0.717) is 6.61 Å². The highest BCUT2D eigenvalue weighted by molar-refractivity contribution is 7.98. The van der Waals surface area contributed by atoms with Crippen LogP contribution < -0.4 is 20.1 Å². The summed E-state index contributed by atoms with van der Waals surface area (Å²) in [6, 6.07) is 16.2. The van der Waals surface area contributed by atoms with Crippen LogP contribution in [0.15, 0.2) is 48.5 Å². The maximum absolute atomic E-state index is 5.81. The molecule has 5 nitrogen and oxygen atoms in total. The number of anilines is 2. The third-order valence-electron chi connectivity index (χ3n) is 4.68. The number of hydrogen-bond acceptors (Lipinski definition) is 6. The summed E-state index contributed by atoms with van der Waals surface area (Å²) in [4.78, 5) is 4.80. The Morgan fingerprint density at radius 3 is 2.93 bits per heavy atom. The fraction of sp³-hybridized carbons (Fsp3) is 0.286. The molecular formula is C21H23N3O2S. The maximum atomic E-state index is 5.81. The fourth-order valence-electron chi connectivity index (χ4n) is 3.40. The largest absolute Gasteiger partial charge is 0.496 e. The summed E-state index contributed by atoms with van der Waals surface area (Å²) in [7, 11) is 1.69. The number of fused-ring (bicyclic) bond motifs is 2. The summed E-state index contributed by atoms with van der Waals surface area (Å²) in [6.07, 6.45) is 2.12. The number of thioether (sulfide) groups is 1. The molecule has 4 rings (SSSR count). The predicted molar refractivity (Wildman–Crippen MR) is 113 cm³/mol. The van der Waals surface area contributed by atoms with Crippen LogP contribution in [0, 0.1) is 0 Å². The van der Waals surface area contributed by atoms with Gasteiger partial charge >= 0.3 is 0 Å². The first-order valence-electron chi connectivity index (χ1n) is 8.99. The van der Waals surface area contributed by atoms with Crippen molar-refractivity contribution in [1.29, 1.82) is 0 Å². The molecule has 0 fully saturated rings. The Bertz CT molecular complexity index is 948. The van der Waals surface area contributed by atoms with Gasteiger partial charge in [-0.3, -0.25) is 0 Å². The number of ether oxygens (including phenoxy) is 2. The van der Waals surface area contributed by atoms with Gasteiger partial charge in [0, 0.05) is 23.4 Å². The van der Waals surface area contributed by atoms with Crippen LogP contribution >= 0.6 is 11.8 Å². The van der Waals surface area contributed by atoms with Gasteiger partial charge in [-0.25, -0.2) is 4.98 Å². The van der Waals surface area contributed by atoms with Crippen molar-refractivity contribution in [2.75, 3.05) is 42.9 Å². The number of hydrogen-bond donors (Lipinski definition) is 2. The minimum atomic E-state index is 0.0176. The van der Waals surface area contributed by atoms with Gasteiger partial charge in [-0.2, -0.15) is 11.8 Å². The predicted octanol–water partition coefficient (Wildman–Crippen LogP) is 4.56. The third kappa shape index (κ3) is 3.62. The highest BCUT2D eigenvalue weighted by Crippen LogP contribution is 2.40. The summed E-state index contributed by atoms with van der Waals surface area (Å²) in [6.45, 7) is 1.50. The molecule has 1 aliphatic heterocycles. The summed E-state index contributed by atoms with van der Waals surface area (Å²) in [5.41, 5.74) is 3.14. The zero-order valence-corrected chi connectivity index (χ0v) is 16.3. The molecule has 1 aliphatic rings. The first kappa shape index (κ1) is 17.8. The van der Waals surface area contributed by atoms with Crippen molar-refractivity contribution in [3.05, 3.63) is 54.1 Å². The van der Waals surface area contributed by atoms with Gasteiger partial charge in [0.25, 0.3) is 0 Å². The van der Waals surface area contributed by atoms with Gasteiger partial charge in [-0.15, -0.1) is 0 Å². The molecule has 27 heavy (non-hydrogen) atoms. The van der Waals surface area contributed by atoms with Crippen molar-refractivity contribution in [2.45, 2.75) is 6.04 Å². The first-order valence-corrected chi connectivity index (χ1v) is 10.4. The van der Waals surface area contributed by atoms with E-state index < -0.39 is 0 Å². The van der Waals surface area contributed by atoms with Crippen molar-refractivity contribution < 1.29 is 9.47 Å². The number of aromatic nitrogens is 1. The van der Waals surface area contributed by atoms with Crippen molar-refractivity contribution >= 4 is 34.2 Å². The molecule has 1 atom stereocenters. The third-order valence-corrected chi connectivity index (χ3v) is 5.29. The van der Waals surface area contributed by atoms with E-state index in [1.807, 2.05) is 48.2 Å². The molecule has 1 unspecified atom stereocenters. The van der Waals surface area contributed by atoms with Crippen molar-refractivity contribution in [1.82, 2.24) is 4.98 Å². The van der Waals surface area contributed by atoms with Gasteiger partial charge in [-0.05, 0) is 42.7 Å². The van der Waals surface area contributed by atoms with Crippen LogP contribution in [-0.2, 0) is 0 Å². The quantitative estimate of drug-likeness (QED) is 0.585. The number of rotatable bonds is 7. The zero-order chi connectivity index (χ0) is 18.6. The van der Waals surface area contributed by atoms with Crippen LogP contribution in [0.25, 0.3) is 10.9 Å². The van der Waals surface area contributed by atoms with Crippen LogP contribution in [0.4, 0.5) is 11.5 Å². The monoisotopic (exact) mass is 381 g/mol. The molecule has 0 spiro atoms. The van der Waals surface area contributed by atoms with Crippen LogP contribution in [0.1, 0.15) is 11.6 Å². The lowest BCUT2D eigenvalue weighted by Gasteiger charge is -2.16. The molecule has 0 saturated heterocycles. The standard InChI is InChI=1S/C21H23N3O2S/c1-25-18-7-4-8-19-21(18)17(13-26-19)24-20-10-9-14-15(22-11-12-27-2)5-3-6-16(14)23-20/h3-10,17,22H,11-13H2,1-2H3,(H,23,24). The number of nitrogens with zero attached hydrogens (tertiary/aromatic N) is 1. The van der Waals surface area contributed by atoms with Crippen LogP contribution in [0.2, 0.25) is 0 Å². The van der Waals surface area contributed by atoms with Gasteiger partial charge in [-0.1, -0.05) is 12.1 Å². The topological polar surface area (TPSA) is 55.4 Å².